The lowest BCUT2D eigenvalue weighted by Gasteiger charge is -2.16. The second kappa shape index (κ2) is 7.33. The summed E-state index contributed by atoms with van der Waals surface area (Å²) in [7, 11) is -1.44. The smallest absolute Gasteiger partial charge is 0.210 e. The minimum Gasteiger partial charge on any atom is -0.414 e. The molecule has 0 saturated carbocycles. The molecule has 0 spiro atoms. The highest BCUT2D eigenvalue weighted by atomic mass is 28.4. The zero-order valence-corrected chi connectivity index (χ0v) is 10.6. The van der Waals surface area contributed by atoms with E-state index in [9.17, 15) is 0 Å². The third-order valence-electron chi connectivity index (χ3n) is 2.01. The number of hydrogen-bond acceptors (Lipinski definition) is 1. The van der Waals surface area contributed by atoms with E-state index in [1.165, 1.54) is 25.7 Å². The van der Waals surface area contributed by atoms with Gasteiger partial charge in [0.15, 0.2) is 0 Å². The maximum absolute atomic E-state index is 5.69. The van der Waals surface area contributed by atoms with Crippen molar-refractivity contribution in [2.45, 2.75) is 52.6 Å². The molecular formula is C11H24OSi. The van der Waals surface area contributed by atoms with Gasteiger partial charge in [-0.3, -0.25) is 0 Å². The van der Waals surface area contributed by atoms with Crippen LogP contribution in [0.2, 0.25) is 13.1 Å². The summed E-state index contributed by atoms with van der Waals surface area (Å²) >= 11 is 0. The lowest BCUT2D eigenvalue weighted by Crippen LogP contribution is -2.27. The summed E-state index contributed by atoms with van der Waals surface area (Å²) in [5.41, 5.74) is 2.31. The van der Waals surface area contributed by atoms with Crippen LogP contribution in [-0.4, -0.2) is 14.9 Å². The number of unbranched alkanes of at least 4 members (excludes halogenated alkanes) is 3. The van der Waals surface area contributed by atoms with Crippen LogP contribution >= 0.6 is 0 Å². The predicted molar refractivity (Wildman–Crippen MR) is 62.4 cm³/mol. The Kier molecular flexibility index (Phi) is 7.29. The molecule has 0 bridgehead atoms. The van der Waals surface area contributed by atoms with E-state index in [-0.39, 0.29) is 0 Å². The second-order valence-corrected chi connectivity index (χ2v) is 7.76. The van der Waals surface area contributed by atoms with Crippen molar-refractivity contribution >= 4 is 8.32 Å². The van der Waals surface area contributed by atoms with Crippen LogP contribution < -0.4 is 0 Å². The van der Waals surface area contributed by atoms with Gasteiger partial charge in [-0.15, -0.1) is 0 Å². The van der Waals surface area contributed by atoms with Crippen LogP contribution in [0.4, 0.5) is 0 Å². The fourth-order valence-corrected chi connectivity index (χ4v) is 2.87. The fourth-order valence-electron chi connectivity index (χ4n) is 1.30. The van der Waals surface area contributed by atoms with Crippen molar-refractivity contribution in [3.05, 3.63) is 11.8 Å². The van der Waals surface area contributed by atoms with E-state index in [1.807, 2.05) is 0 Å². The van der Waals surface area contributed by atoms with Gasteiger partial charge in [0.2, 0.25) is 8.32 Å². The SMILES string of the molecule is CCCCC/C=C\[Si](C)(C)OCC. The molecule has 0 N–H and O–H groups in total. The van der Waals surface area contributed by atoms with Crippen LogP contribution in [0.3, 0.4) is 0 Å². The van der Waals surface area contributed by atoms with Crippen molar-refractivity contribution in [1.82, 2.24) is 0 Å². The zero-order chi connectivity index (χ0) is 10.2. The monoisotopic (exact) mass is 200 g/mol. The largest absolute Gasteiger partial charge is 0.414 e. The Hall–Kier alpha value is -0.0831. The van der Waals surface area contributed by atoms with Crippen LogP contribution in [-0.2, 0) is 4.43 Å². The third kappa shape index (κ3) is 8.25. The van der Waals surface area contributed by atoms with Gasteiger partial charge in [-0.05, 0) is 32.9 Å². The standard InChI is InChI=1S/C11H24OSi/c1-5-7-8-9-10-11-13(3,4)12-6-2/h10-11H,5-9H2,1-4H3/b11-10-. The minimum absolute atomic E-state index is 0.846. The molecule has 0 rings (SSSR count). The van der Waals surface area contributed by atoms with Gasteiger partial charge in [-0.25, -0.2) is 0 Å². The molecular weight excluding hydrogens is 176 g/mol. The van der Waals surface area contributed by atoms with Crippen LogP contribution in [0.1, 0.15) is 39.5 Å². The highest BCUT2D eigenvalue weighted by Gasteiger charge is 2.16. The second-order valence-electron chi connectivity index (χ2n) is 3.93. The summed E-state index contributed by atoms with van der Waals surface area (Å²) in [6.07, 6.45) is 7.50. The van der Waals surface area contributed by atoms with Gasteiger partial charge in [0.05, 0.1) is 0 Å². The summed E-state index contributed by atoms with van der Waals surface area (Å²) < 4.78 is 5.69. The first-order valence-corrected chi connectivity index (χ1v) is 8.42. The zero-order valence-electron chi connectivity index (χ0n) is 9.60. The molecule has 0 fully saturated rings. The summed E-state index contributed by atoms with van der Waals surface area (Å²) in [6.45, 7) is 9.64. The lowest BCUT2D eigenvalue weighted by atomic mass is 10.2. The first-order chi connectivity index (χ1) is 6.12. The lowest BCUT2D eigenvalue weighted by molar-refractivity contribution is 0.338. The average molecular weight is 200 g/mol. The first-order valence-electron chi connectivity index (χ1n) is 5.44. The molecule has 0 saturated heterocycles. The van der Waals surface area contributed by atoms with E-state index in [0.29, 0.717) is 0 Å². The van der Waals surface area contributed by atoms with E-state index >= 15 is 0 Å². The van der Waals surface area contributed by atoms with Crippen molar-refractivity contribution in [3.63, 3.8) is 0 Å². The molecule has 0 aliphatic carbocycles. The molecule has 0 atom stereocenters. The van der Waals surface area contributed by atoms with Crippen LogP contribution in [0, 0.1) is 0 Å². The summed E-state index contributed by atoms with van der Waals surface area (Å²) in [5, 5.41) is 0. The molecule has 0 aliphatic rings. The fraction of sp³-hybridized carbons (Fsp3) is 0.818. The normalized spacial score (nSPS) is 12.6. The Bertz CT molecular complexity index is 141. The van der Waals surface area contributed by atoms with Gasteiger partial charge in [-0.1, -0.05) is 31.5 Å². The van der Waals surface area contributed by atoms with Gasteiger partial charge in [-0.2, -0.15) is 0 Å². The molecule has 0 amide bonds. The molecule has 0 radical (unpaired) electrons. The average Bonchev–Trinajstić information content (AvgIpc) is 2.04. The first kappa shape index (κ1) is 12.9. The number of allylic oxidation sites excluding steroid dienone is 1. The van der Waals surface area contributed by atoms with E-state index in [0.717, 1.165) is 6.61 Å². The third-order valence-corrected chi connectivity index (χ3v) is 4.08. The van der Waals surface area contributed by atoms with Crippen molar-refractivity contribution in [3.8, 4) is 0 Å². The van der Waals surface area contributed by atoms with Gasteiger partial charge in [0.1, 0.15) is 0 Å². The maximum Gasteiger partial charge on any atom is 0.210 e. The molecule has 2 heteroatoms. The highest BCUT2D eigenvalue weighted by molar-refractivity contribution is 6.76. The molecule has 0 aliphatic heterocycles. The van der Waals surface area contributed by atoms with Crippen molar-refractivity contribution in [2.75, 3.05) is 6.61 Å². The van der Waals surface area contributed by atoms with Crippen LogP contribution in [0.5, 0.6) is 0 Å². The molecule has 0 unspecified atom stereocenters. The maximum atomic E-state index is 5.69. The molecule has 0 aromatic heterocycles. The van der Waals surface area contributed by atoms with Crippen molar-refractivity contribution in [2.24, 2.45) is 0 Å². The Morgan fingerprint density at radius 2 is 1.85 bits per heavy atom. The van der Waals surface area contributed by atoms with E-state index in [2.05, 4.69) is 38.7 Å². The van der Waals surface area contributed by atoms with Gasteiger partial charge in [0, 0.05) is 6.61 Å². The highest BCUT2D eigenvalue weighted by Crippen LogP contribution is 2.08. The van der Waals surface area contributed by atoms with Crippen LogP contribution in [0.25, 0.3) is 0 Å². The van der Waals surface area contributed by atoms with E-state index in [4.69, 9.17) is 4.43 Å². The van der Waals surface area contributed by atoms with Crippen molar-refractivity contribution in [1.29, 1.82) is 0 Å². The summed E-state index contributed by atoms with van der Waals surface area (Å²) in [6, 6.07) is 0. The number of hydrogen-bond donors (Lipinski definition) is 0. The predicted octanol–water partition coefficient (Wildman–Crippen LogP) is 3.90. The van der Waals surface area contributed by atoms with Gasteiger partial charge < -0.3 is 4.43 Å². The topological polar surface area (TPSA) is 9.23 Å². The van der Waals surface area contributed by atoms with Gasteiger partial charge in [0.25, 0.3) is 0 Å². The quantitative estimate of drug-likeness (QED) is 0.447. The minimum atomic E-state index is -1.44. The molecule has 0 aromatic rings. The number of rotatable bonds is 7. The van der Waals surface area contributed by atoms with E-state index < -0.39 is 8.32 Å². The Morgan fingerprint density at radius 3 is 2.38 bits per heavy atom. The summed E-state index contributed by atoms with van der Waals surface area (Å²) in [4.78, 5) is 0. The molecule has 13 heavy (non-hydrogen) atoms. The molecule has 0 aromatic carbocycles. The summed E-state index contributed by atoms with van der Waals surface area (Å²) in [5.74, 6) is 0. The Balaban J connectivity index is 3.56. The van der Waals surface area contributed by atoms with Gasteiger partial charge >= 0.3 is 0 Å². The molecule has 0 heterocycles. The van der Waals surface area contributed by atoms with Crippen LogP contribution in [0.15, 0.2) is 11.8 Å². The Morgan fingerprint density at radius 1 is 1.15 bits per heavy atom. The molecule has 78 valence electrons. The Labute approximate surface area is 84.3 Å². The van der Waals surface area contributed by atoms with Crippen molar-refractivity contribution < 1.29 is 4.43 Å². The molecule has 1 nitrogen and oxygen atoms in total. The van der Waals surface area contributed by atoms with E-state index in [1.54, 1.807) is 0 Å².